The van der Waals surface area contributed by atoms with E-state index in [1.165, 1.54) is 20.3 Å². The van der Waals surface area contributed by atoms with Crippen LogP contribution in [0.25, 0.3) is 0 Å². The van der Waals surface area contributed by atoms with Crippen LogP contribution >= 0.6 is 23.2 Å². The van der Waals surface area contributed by atoms with Gasteiger partial charge in [0.05, 0.1) is 22.6 Å². The average Bonchev–Trinajstić information content (AvgIpc) is 2.43. The number of rotatable bonds is 5. The van der Waals surface area contributed by atoms with Crippen molar-refractivity contribution in [1.82, 2.24) is 9.29 Å². The fourth-order valence-electron chi connectivity index (χ4n) is 1.50. The van der Waals surface area contributed by atoms with Crippen LogP contribution < -0.4 is 10.0 Å². The van der Waals surface area contributed by atoms with Crippen LogP contribution in [0.2, 0.25) is 10.0 Å². The molecule has 1 aromatic heterocycles. The highest BCUT2D eigenvalue weighted by molar-refractivity contribution is 7.90. The molecule has 0 aliphatic heterocycles. The lowest BCUT2D eigenvalue weighted by Gasteiger charge is -2.13. The monoisotopic (exact) mass is 360 g/mol. The maximum atomic E-state index is 11.7. The number of nitrogens with one attached hydrogen (secondary N) is 2. The molecule has 0 saturated heterocycles. The number of hydrogen-bond acceptors (Lipinski definition) is 4. The van der Waals surface area contributed by atoms with Crippen molar-refractivity contribution in [2.75, 3.05) is 24.1 Å². The van der Waals surface area contributed by atoms with Gasteiger partial charge in [-0.05, 0) is 30.3 Å². The topological polar surface area (TPSA) is 74.3 Å². The fraction of sp³-hybridized carbons (Fsp3) is 0.154. The SMILES string of the molecule is CN(C)S(=O)(=O)Nc1ccc(Nc2ccc(Cl)cc2Cl)cn1. The van der Waals surface area contributed by atoms with Gasteiger partial charge in [0.25, 0.3) is 0 Å². The van der Waals surface area contributed by atoms with E-state index in [2.05, 4.69) is 15.0 Å². The van der Waals surface area contributed by atoms with Gasteiger partial charge in [0.15, 0.2) is 0 Å². The summed E-state index contributed by atoms with van der Waals surface area (Å²) >= 11 is 11.9. The summed E-state index contributed by atoms with van der Waals surface area (Å²) in [6, 6.07) is 8.31. The molecule has 0 radical (unpaired) electrons. The number of pyridine rings is 1. The fourth-order valence-corrected chi connectivity index (χ4v) is 2.52. The minimum absolute atomic E-state index is 0.224. The first kappa shape index (κ1) is 16.8. The Morgan fingerprint density at radius 3 is 2.41 bits per heavy atom. The zero-order valence-corrected chi connectivity index (χ0v) is 14.2. The summed E-state index contributed by atoms with van der Waals surface area (Å²) in [5, 5.41) is 4.09. The lowest BCUT2D eigenvalue weighted by atomic mass is 10.3. The third-order valence-corrected chi connectivity index (χ3v) is 4.66. The molecule has 0 aliphatic rings. The van der Waals surface area contributed by atoms with Crippen molar-refractivity contribution in [1.29, 1.82) is 0 Å². The second kappa shape index (κ2) is 6.70. The average molecular weight is 361 g/mol. The number of halogens is 2. The molecule has 0 spiro atoms. The van der Waals surface area contributed by atoms with Gasteiger partial charge in [-0.3, -0.25) is 4.72 Å². The van der Waals surface area contributed by atoms with Crippen LogP contribution in [-0.2, 0) is 10.2 Å². The molecule has 0 bridgehead atoms. The van der Waals surface area contributed by atoms with E-state index in [0.29, 0.717) is 21.4 Å². The van der Waals surface area contributed by atoms with Gasteiger partial charge in [0, 0.05) is 19.1 Å². The van der Waals surface area contributed by atoms with E-state index >= 15 is 0 Å². The smallest absolute Gasteiger partial charge is 0.302 e. The van der Waals surface area contributed by atoms with E-state index in [-0.39, 0.29) is 5.82 Å². The maximum Gasteiger partial charge on any atom is 0.302 e. The molecule has 2 N–H and O–H groups in total. The number of nitrogens with zero attached hydrogens (tertiary/aromatic N) is 2. The van der Waals surface area contributed by atoms with E-state index < -0.39 is 10.2 Å². The molecular weight excluding hydrogens is 347 g/mol. The second-order valence-corrected chi connectivity index (χ2v) is 7.30. The third-order valence-electron chi connectivity index (χ3n) is 2.69. The normalized spacial score (nSPS) is 11.5. The highest BCUT2D eigenvalue weighted by Gasteiger charge is 2.13. The zero-order chi connectivity index (χ0) is 16.3. The van der Waals surface area contributed by atoms with Crippen molar-refractivity contribution < 1.29 is 8.42 Å². The molecule has 0 unspecified atom stereocenters. The van der Waals surface area contributed by atoms with Crippen LogP contribution in [0.4, 0.5) is 17.2 Å². The molecule has 9 heteroatoms. The van der Waals surface area contributed by atoms with Crippen LogP contribution in [0, 0.1) is 0 Å². The minimum atomic E-state index is -3.57. The standard InChI is InChI=1S/C13H14Cl2N4O2S/c1-19(2)22(20,21)18-13-6-4-10(8-16-13)17-12-5-3-9(14)7-11(12)15/h3-8,17H,1-2H3,(H,16,18). The minimum Gasteiger partial charge on any atom is -0.353 e. The predicted molar refractivity (Wildman–Crippen MR) is 90.2 cm³/mol. The number of aromatic nitrogens is 1. The lowest BCUT2D eigenvalue weighted by Crippen LogP contribution is -2.29. The van der Waals surface area contributed by atoms with E-state index in [0.717, 1.165) is 4.31 Å². The lowest BCUT2D eigenvalue weighted by molar-refractivity contribution is 0.526. The predicted octanol–water partition coefficient (Wildman–Crippen LogP) is 3.35. The first-order chi connectivity index (χ1) is 10.3. The van der Waals surface area contributed by atoms with Crippen LogP contribution in [0.1, 0.15) is 0 Å². The van der Waals surface area contributed by atoms with Gasteiger partial charge in [-0.25, -0.2) is 4.98 Å². The molecule has 0 saturated carbocycles. The first-order valence-electron chi connectivity index (χ1n) is 6.16. The van der Waals surface area contributed by atoms with Crippen LogP contribution in [0.15, 0.2) is 36.5 Å². The molecular formula is C13H14Cl2N4O2S. The van der Waals surface area contributed by atoms with Crippen molar-refractivity contribution in [3.05, 3.63) is 46.6 Å². The summed E-state index contributed by atoms with van der Waals surface area (Å²) in [6.45, 7) is 0. The Balaban J connectivity index is 2.12. The molecule has 22 heavy (non-hydrogen) atoms. The van der Waals surface area contributed by atoms with Crippen molar-refractivity contribution in [3.63, 3.8) is 0 Å². The van der Waals surface area contributed by atoms with Gasteiger partial charge in [-0.1, -0.05) is 23.2 Å². The number of anilines is 3. The first-order valence-corrected chi connectivity index (χ1v) is 8.36. The van der Waals surface area contributed by atoms with Crippen molar-refractivity contribution in [2.45, 2.75) is 0 Å². The van der Waals surface area contributed by atoms with Gasteiger partial charge in [-0.2, -0.15) is 12.7 Å². The van der Waals surface area contributed by atoms with Crippen molar-refractivity contribution >= 4 is 50.6 Å². The van der Waals surface area contributed by atoms with Gasteiger partial charge >= 0.3 is 10.2 Å². The Labute approximate surface area is 139 Å². The highest BCUT2D eigenvalue weighted by Crippen LogP contribution is 2.28. The number of benzene rings is 1. The second-order valence-electron chi connectivity index (χ2n) is 4.57. The summed E-state index contributed by atoms with van der Waals surface area (Å²) in [6.07, 6.45) is 1.50. The van der Waals surface area contributed by atoms with Gasteiger partial charge < -0.3 is 5.32 Å². The van der Waals surface area contributed by atoms with E-state index in [1.54, 1.807) is 30.3 Å². The summed E-state index contributed by atoms with van der Waals surface area (Å²) < 4.78 is 26.8. The van der Waals surface area contributed by atoms with E-state index in [4.69, 9.17) is 23.2 Å². The molecule has 1 heterocycles. The van der Waals surface area contributed by atoms with Crippen LogP contribution in [-0.4, -0.2) is 31.8 Å². The molecule has 1 aromatic carbocycles. The molecule has 0 atom stereocenters. The third kappa shape index (κ3) is 4.23. The van der Waals surface area contributed by atoms with Gasteiger partial charge in [0.1, 0.15) is 5.82 Å². The maximum absolute atomic E-state index is 11.7. The summed E-state index contributed by atoms with van der Waals surface area (Å²) in [4.78, 5) is 4.04. The Kier molecular flexibility index (Phi) is 5.12. The summed E-state index contributed by atoms with van der Waals surface area (Å²) in [5.74, 6) is 0.224. The Morgan fingerprint density at radius 1 is 1.14 bits per heavy atom. The molecule has 118 valence electrons. The summed E-state index contributed by atoms with van der Waals surface area (Å²) in [5.41, 5.74) is 1.34. The zero-order valence-electron chi connectivity index (χ0n) is 11.8. The van der Waals surface area contributed by atoms with Gasteiger partial charge in [0.2, 0.25) is 0 Å². The Bertz CT molecular complexity index is 764. The van der Waals surface area contributed by atoms with E-state index in [1.807, 2.05) is 0 Å². The Hall–Kier alpha value is -1.54. The quantitative estimate of drug-likeness (QED) is 0.857. The van der Waals surface area contributed by atoms with Crippen molar-refractivity contribution in [3.8, 4) is 0 Å². The van der Waals surface area contributed by atoms with Crippen LogP contribution in [0.3, 0.4) is 0 Å². The molecule has 2 aromatic rings. The molecule has 0 aliphatic carbocycles. The number of hydrogen-bond donors (Lipinski definition) is 2. The van der Waals surface area contributed by atoms with Crippen LogP contribution in [0.5, 0.6) is 0 Å². The largest absolute Gasteiger partial charge is 0.353 e. The summed E-state index contributed by atoms with van der Waals surface area (Å²) in [7, 11) is -0.707. The molecule has 6 nitrogen and oxygen atoms in total. The Morgan fingerprint density at radius 2 is 1.86 bits per heavy atom. The molecule has 0 fully saturated rings. The molecule has 0 amide bonds. The van der Waals surface area contributed by atoms with Gasteiger partial charge in [-0.15, -0.1) is 0 Å². The molecule has 2 rings (SSSR count). The van der Waals surface area contributed by atoms with E-state index in [9.17, 15) is 8.42 Å². The highest BCUT2D eigenvalue weighted by atomic mass is 35.5. The van der Waals surface area contributed by atoms with Crippen molar-refractivity contribution in [2.24, 2.45) is 0 Å².